The number of para-hydroxylation sites is 1. The number of benzene rings is 3. The summed E-state index contributed by atoms with van der Waals surface area (Å²) in [6.07, 6.45) is 0. The molecule has 0 fully saturated rings. The van der Waals surface area contributed by atoms with Gasteiger partial charge in [0.1, 0.15) is 11.1 Å². The Bertz CT molecular complexity index is 1390. The topological polar surface area (TPSA) is 107 Å². The molecule has 0 saturated heterocycles. The summed E-state index contributed by atoms with van der Waals surface area (Å²) in [6, 6.07) is 21.4. The molecule has 1 N–H and O–H groups in total. The first-order chi connectivity index (χ1) is 15.6. The lowest BCUT2D eigenvalue weighted by Gasteiger charge is -2.14. The van der Waals surface area contributed by atoms with Gasteiger partial charge in [0.05, 0.1) is 15.1 Å². The Morgan fingerprint density at radius 1 is 1.03 bits per heavy atom. The third kappa shape index (κ3) is 3.91. The number of anilines is 1. The predicted molar refractivity (Wildman–Crippen MR) is 123 cm³/mol. The van der Waals surface area contributed by atoms with E-state index in [0.717, 1.165) is 15.8 Å². The number of rotatable bonds is 6. The molecule has 0 aliphatic rings. The second-order valence-electron chi connectivity index (χ2n) is 6.84. The highest BCUT2D eigenvalue weighted by Gasteiger charge is 2.24. The van der Waals surface area contributed by atoms with Gasteiger partial charge in [0.25, 0.3) is 5.69 Å². The zero-order valence-corrected chi connectivity index (χ0v) is 17.9. The number of nitrogens with one attached hydrogen (secondary N) is 1. The summed E-state index contributed by atoms with van der Waals surface area (Å²) in [4.78, 5) is 15.3. The number of fused-ring (bicyclic) bond motifs is 1. The number of hydrogen-bond donors (Lipinski definition) is 1. The Kier molecular flexibility index (Phi) is 5.26. The van der Waals surface area contributed by atoms with E-state index in [4.69, 9.17) is 16.0 Å². The van der Waals surface area contributed by atoms with Crippen molar-refractivity contribution in [2.75, 3.05) is 5.32 Å². The van der Waals surface area contributed by atoms with Gasteiger partial charge >= 0.3 is 0 Å². The molecule has 1 atom stereocenters. The molecule has 1 unspecified atom stereocenters. The van der Waals surface area contributed by atoms with Crippen LogP contribution in [0.3, 0.4) is 0 Å². The molecular formula is C22H14ClN5O3S. The minimum atomic E-state index is -0.551. The van der Waals surface area contributed by atoms with Crippen LogP contribution in [0.1, 0.15) is 17.5 Å². The second kappa shape index (κ2) is 8.37. The summed E-state index contributed by atoms with van der Waals surface area (Å²) in [6.45, 7) is 0. The van der Waals surface area contributed by atoms with E-state index in [9.17, 15) is 10.1 Å². The van der Waals surface area contributed by atoms with Crippen LogP contribution in [0.2, 0.25) is 5.02 Å². The lowest BCUT2D eigenvalue weighted by molar-refractivity contribution is -0.384. The average Bonchev–Trinajstić information content (AvgIpc) is 3.45. The maximum absolute atomic E-state index is 11.2. The van der Waals surface area contributed by atoms with Crippen LogP contribution in [-0.4, -0.2) is 20.1 Å². The van der Waals surface area contributed by atoms with Crippen molar-refractivity contribution in [2.45, 2.75) is 6.04 Å². The summed E-state index contributed by atoms with van der Waals surface area (Å²) >= 11 is 7.44. The number of nitro benzene ring substituents is 1. The third-order valence-corrected chi connectivity index (χ3v) is 6.06. The molecule has 0 radical (unpaired) electrons. The van der Waals surface area contributed by atoms with Gasteiger partial charge in [-0.3, -0.25) is 10.1 Å². The van der Waals surface area contributed by atoms with Crippen molar-refractivity contribution in [3.63, 3.8) is 0 Å². The summed E-state index contributed by atoms with van der Waals surface area (Å²) in [5.41, 5.74) is 1.98. The van der Waals surface area contributed by atoms with Crippen LogP contribution in [0.4, 0.5) is 10.8 Å². The first kappa shape index (κ1) is 20.1. The molecule has 32 heavy (non-hydrogen) atoms. The number of halogens is 1. The molecule has 0 spiro atoms. The van der Waals surface area contributed by atoms with Gasteiger partial charge in [0, 0.05) is 11.6 Å². The molecular weight excluding hydrogens is 450 g/mol. The van der Waals surface area contributed by atoms with Crippen molar-refractivity contribution in [1.29, 1.82) is 0 Å². The van der Waals surface area contributed by atoms with Crippen LogP contribution in [0.25, 0.3) is 21.7 Å². The van der Waals surface area contributed by atoms with Gasteiger partial charge in [-0.2, -0.15) is 0 Å². The van der Waals surface area contributed by atoms with Crippen molar-refractivity contribution in [3.8, 4) is 11.5 Å². The standard InChI is InChI=1S/C22H14ClN5O3S/c23-15-11-10-14(12-17(15)28(29)30)20-26-27-21(31-20)19(13-6-2-1-3-7-13)25-22-24-16-8-4-5-9-18(16)32-22/h1-12,19H,(H,24,25). The van der Waals surface area contributed by atoms with E-state index in [0.29, 0.717) is 16.6 Å². The molecule has 0 amide bonds. The largest absolute Gasteiger partial charge is 0.418 e. The normalized spacial score (nSPS) is 12.0. The number of hydrogen-bond acceptors (Lipinski definition) is 8. The lowest BCUT2D eigenvalue weighted by atomic mass is 10.1. The van der Waals surface area contributed by atoms with E-state index >= 15 is 0 Å². The Morgan fingerprint density at radius 2 is 1.81 bits per heavy atom. The van der Waals surface area contributed by atoms with E-state index in [1.807, 2.05) is 54.6 Å². The molecule has 0 aliphatic carbocycles. The van der Waals surface area contributed by atoms with Crippen LogP contribution in [-0.2, 0) is 0 Å². The zero-order valence-electron chi connectivity index (χ0n) is 16.3. The van der Waals surface area contributed by atoms with Gasteiger partial charge in [0.2, 0.25) is 11.8 Å². The van der Waals surface area contributed by atoms with Gasteiger partial charge in [-0.15, -0.1) is 10.2 Å². The van der Waals surface area contributed by atoms with E-state index in [1.165, 1.54) is 23.5 Å². The molecule has 3 aromatic carbocycles. The average molecular weight is 464 g/mol. The van der Waals surface area contributed by atoms with Crippen molar-refractivity contribution in [2.24, 2.45) is 0 Å². The minimum absolute atomic E-state index is 0.0400. The van der Waals surface area contributed by atoms with Crippen LogP contribution in [0.5, 0.6) is 0 Å². The van der Waals surface area contributed by atoms with E-state index < -0.39 is 11.0 Å². The fraction of sp³-hybridized carbons (Fsp3) is 0.0455. The summed E-state index contributed by atoms with van der Waals surface area (Å²) < 4.78 is 6.99. The third-order valence-electron chi connectivity index (χ3n) is 4.77. The molecule has 5 rings (SSSR count). The predicted octanol–water partition coefficient (Wildman–Crippen LogP) is 6.11. The van der Waals surface area contributed by atoms with Crippen LogP contribution >= 0.6 is 22.9 Å². The van der Waals surface area contributed by atoms with Crippen molar-refractivity contribution in [1.82, 2.24) is 15.2 Å². The quantitative estimate of drug-likeness (QED) is 0.239. The first-order valence-electron chi connectivity index (χ1n) is 9.53. The number of nitro groups is 1. The number of nitrogens with zero attached hydrogens (tertiary/aromatic N) is 4. The molecule has 0 aliphatic heterocycles. The number of thiazole rings is 1. The molecule has 158 valence electrons. The smallest absolute Gasteiger partial charge is 0.288 e. The Balaban J connectivity index is 1.52. The molecule has 2 heterocycles. The highest BCUT2D eigenvalue weighted by atomic mass is 35.5. The summed E-state index contributed by atoms with van der Waals surface area (Å²) in [5.74, 6) is 0.467. The molecule has 10 heteroatoms. The summed E-state index contributed by atoms with van der Waals surface area (Å²) in [7, 11) is 0. The monoisotopic (exact) mass is 463 g/mol. The van der Waals surface area contributed by atoms with Crippen molar-refractivity contribution in [3.05, 3.63) is 99.4 Å². The fourth-order valence-corrected chi connectivity index (χ4v) is 4.32. The first-order valence-corrected chi connectivity index (χ1v) is 10.7. The van der Waals surface area contributed by atoms with Gasteiger partial charge in [-0.25, -0.2) is 4.98 Å². The molecule has 0 bridgehead atoms. The fourth-order valence-electron chi connectivity index (χ4n) is 3.24. The van der Waals surface area contributed by atoms with E-state index in [-0.39, 0.29) is 16.6 Å². The molecule has 2 aromatic heterocycles. The van der Waals surface area contributed by atoms with Gasteiger partial charge in [-0.05, 0) is 29.8 Å². The van der Waals surface area contributed by atoms with Crippen LogP contribution in [0.15, 0.2) is 77.2 Å². The maximum atomic E-state index is 11.2. The van der Waals surface area contributed by atoms with Crippen molar-refractivity contribution < 1.29 is 9.34 Å². The van der Waals surface area contributed by atoms with E-state index in [1.54, 1.807) is 6.07 Å². The SMILES string of the molecule is O=[N+]([O-])c1cc(-c2nnc(C(Nc3nc4ccccc4s3)c3ccccc3)o2)ccc1Cl. The van der Waals surface area contributed by atoms with E-state index in [2.05, 4.69) is 20.5 Å². The van der Waals surface area contributed by atoms with Crippen LogP contribution < -0.4 is 5.32 Å². The highest BCUT2D eigenvalue weighted by Crippen LogP contribution is 2.34. The molecule has 8 nitrogen and oxygen atoms in total. The molecule has 0 saturated carbocycles. The second-order valence-corrected chi connectivity index (χ2v) is 8.28. The molecule has 5 aromatic rings. The maximum Gasteiger partial charge on any atom is 0.288 e. The zero-order chi connectivity index (χ0) is 22.1. The minimum Gasteiger partial charge on any atom is -0.418 e. The van der Waals surface area contributed by atoms with Gasteiger partial charge in [0.15, 0.2) is 5.13 Å². The highest BCUT2D eigenvalue weighted by molar-refractivity contribution is 7.22. The van der Waals surface area contributed by atoms with Gasteiger partial charge < -0.3 is 9.73 Å². The van der Waals surface area contributed by atoms with Crippen molar-refractivity contribution >= 4 is 44.0 Å². The lowest BCUT2D eigenvalue weighted by Crippen LogP contribution is -2.12. The van der Waals surface area contributed by atoms with Crippen LogP contribution in [0, 0.1) is 10.1 Å². The Labute approximate surface area is 190 Å². The Hall–Kier alpha value is -3.82. The van der Waals surface area contributed by atoms with Gasteiger partial charge in [-0.1, -0.05) is 65.4 Å². The number of aromatic nitrogens is 3. The Morgan fingerprint density at radius 3 is 2.59 bits per heavy atom. The summed E-state index contributed by atoms with van der Waals surface area (Å²) in [5, 5.41) is 23.7.